The van der Waals surface area contributed by atoms with E-state index in [1.165, 1.54) is 37.8 Å². The van der Waals surface area contributed by atoms with E-state index in [2.05, 4.69) is 15.2 Å². The standard InChI is InChI=1S/C23H26F3N3S/c1-15-12-17(8-10-27-15)22(30)28-20-13-19(23(24,25)26)6-7-21(20)29-11-9-16-4-2-3-5-18(16)14-29/h6-8,10,12-13,16,18H,2-5,9,11,14H2,1H3,(H,28,30)/t16-,18-/m1/s1. The first kappa shape index (κ1) is 21.1. The van der Waals surface area contributed by atoms with Crippen LogP contribution in [-0.2, 0) is 6.18 Å². The molecule has 2 aromatic rings. The molecule has 3 nitrogen and oxygen atoms in total. The van der Waals surface area contributed by atoms with E-state index in [9.17, 15) is 13.2 Å². The second-order valence-electron chi connectivity index (χ2n) is 8.41. The van der Waals surface area contributed by atoms with Crippen molar-refractivity contribution in [2.45, 2.75) is 45.2 Å². The molecule has 0 amide bonds. The highest BCUT2D eigenvalue weighted by atomic mass is 32.1. The summed E-state index contributed by atoms with van der Waals surface area (Å²) in [6.07, 6.45) is 3.38. The Labute approximate surface area is 180 Å². The first-order chi connectivity index (χ1) is 14.3. The molecule has 1 aromatic carbocycles. The van der Waals surface area contributed by atoms with Crippen LogP contribution in [0.1, 0.15) is 48.9 Å². The highest BCUT2D eigenvalue weighted by molar-refractivity contribution is 7.81. The van der Waals surface area contributed by atoms with Gasteiger partial charge in [-0.2, -0.15) is 13.2 Å². The molecule has 0 spiro atoms. The van der Waals surface area contributed by atoms with E-state index >= 15 is 0 Å². The van der Waals surface area contributed by atoms with E-state index in [4.69, 9.17) is 12.2 Å². The molecule has 1 N–H and O–H groups in total. The summed E-state index contributed by atoms with van der Waals surface area (Å²) in [5.41, 5.74) is 2.08. The van der Waals surface area contributed by atoms with Crippen LogP contribution in [0.25, 0.3) is 0 Å². The largest absolute Gasteiger partial charge is 0.416 e. The number of anilines is 2. The smallest absolute Gasteiger partial charge is 0.370 e. The van der Waals surface area contributed by atoms with Crippen molar-refractivity contribution in [2.24, 2.45) is 11.8 Å². The Morgan fingerprint density at radius 2 is 1.87 bits per heavy atom. The van der Waals surface area contributed by atoms with Crippen LogP contribution >= 0.6 is 12.2 Å². The maximum absolute atomic E-state index is 13.4. The van der Waals surface area contributed by atoms with Gasteiger partial charge in [-0.05, 0) is 61.9 Å². The molecule has 30 heavy (non-hydrogen) atoms. The lowest BCUT2D eigenvalue weighted by Gasteiger charge is -2.43. The average molecular weight is 434 g/mol. The predicted octanol–water partition coefficient (Wildman–Crippen LogP) is 6.21. The zero-order chi connectivity index (χ0) is 21.3. The van der Waals surface area contributed by atoms with Crippen LogP contribution in [0, 0.1) is 18.8 Å². The number of alkyl halides is 3. The second-order valence-corrected chi connectivity index (χ2v) is 8.82. The predicted molar refractivity (Wildman–Crippen MR) is 118 cm³/mol. The Morgan fingerprint density at radius 3 is 2.60 bits per heavy atom. The number of benzene rings is 1. The molecule has 2 heterocycles. The maximum Gasteiger partial charge on any atom is 0.416 e. The van der Waals surface area contributed by atoms with Gasteiger partial charge in [-0.3, -0.25) is 4.98 Å². The number of rotatable bonds is 3. The number of nitrogens with one attached hydrogen (secondary N) is 1. The van der Waals surface area contributed by atoms with Gasteiger partial charge in [0.2, 0.25) is 0 Å². The van der Waals surface area contributed by atoms with E-state index in [-0.39, 0.29) is 0 Å². The molecule has 0 unspecified atom stereocenters. The minimum absolute atomic E-state index is 0.397. The highest BCUT2D eigenvalue weighted by Crippen LogP contribution is 2.41. The normalized spacial score (nSPS) is 21.8. The summed E-state index contributed by atoms with van der Waals surface area (Å²) in [7, 11) is 0. The van der Waals surface area contributed by atoms with Gasteiger partial charge < -0.3 is 10.2 Å². The van der Waals surface area contributed by atoms with E-state index in [0.717, 1.165) is 42.4 Å². The Hall–Kier alpha value is -2.15. The SMILES string of the molecule is Cc1cc(C(=S)Nc2cc(C(F)(F)F)ccc2N2CC[C@H]3CCCC[C@@H]3C2)ccn1. The number of piperidine rings is 1. The number of aromatic nitrogens is 1. The number of pyridine rings is 1. The number of hydrogen-bond donors (Lipinski definition) is 1. The summed E-state index contributed by atoms with van der Waals surface area (Å²) in [6.45, 7) is 3.62. The quantitative estimate of drug-likeness (QED) is 0.582. The van der Waals surface area contributed by atoms with Crippen LogP contribution in [0.2, 0.25) is 0 Å². The van der Waals surface area contributed by atoms with Crippen LogP contribution in [0.4, 0.5) is 24.5 Å². The molecule has 2 aliphatic rings. The van der Waals surface area contributed by atoms with E-state index in [0.29, 0.717) is 16.6 Å². The minimum Gasteiger partial charge on any atom is -0.370 e. The number of thiocarbonyl (C=S) groups is 1. The van der Waals surface area contributed by atoms with E-state index in [1.54, 1.807) is 18.3 Å². The fourth-order valence-electron chi connectivity index (χ4n) is 4.79. The van der Waals surface area contributed by atoms with Crippen molar-refractivity contribution in [3.63, 3.8) is 0 Å². The van der Waals surface area contributed by atoms with Crippen molar-refractivity contribution in [3.8, 4) is 0 Å². The summed E-state index contributed by atoms with van der Waals surface area (Å²) in [5, 5.41) is 3.10. The van der Waals surface area contributed by atoms with Crippen LogP contribution in [-0.4, -0.2) is 23.1 Å². The van der Waals surface area contributed by atoms with Gasteiger partial charge >= 0.3 is 6.18 Å². The molecule has 1 aromatic heterocycles. The molecule has 2 atom stereocenters. The number of halogens is 3. The Balaban J connectivity index is 1.63. The third-order valence-electron chi connectivity index (χ3n) is 6.36. The summed E-state index contributed by atoms with van der Waals surface area (Å²) in [6, 6.07) is 7.55. The molecule has 4 rings (SSSR count). The van der Waals surface area contributed by atoms with Crippen molar-refractivity contribution in [3.05, 3.63) is 53.3 Å². The zero-order valence-corrected chi connectivity index (χ0v) is 17.8. The number of hydrogen-bond acceptors (Lipinski definition) is 3. The van der Waals surface area contributed by atoms with Crippen LogP contribution in [0.3, 0.4) is 0 Å². The molecule has 160 valence electrons. The van der Waals surface area contributed by atoms with Crippen molar-refractivity contribution in [1.29, 1.82) is 0 Å². The van der Waals surface area contributed by atoms with Gasteiger partial charge in [0, 0.05) is 30.5 Å². The van der Waals surface area contributed by atoms with Crippen LogP contribution < -0.4 is 10.2 Å². The summed E-state index contributed by atoms with van der Waals surface area (Å²) in [4.78, 5) is 6.79. The molecule has 7 heteroatoms. The van der Waals surface area contributed by atoms with Crippen molar-refractivity contribution in [2.75, 3.05) is 23.3 Å². The number of fused-ring (bicyclic) bond motifs is 1. The lowest BCUT2D eigenvalue weighted by atomic mass is 9.75. The third kappa shape index (κ3) is 4.61. The van der Waals surface area contributed by atoms with Gasteiger partial charge in [-0.15, -0.1) is 0 Å². The number of nitrogens with zero attached hydrogens (tertiary/aromatic N) is 2. The molecular formula is C23H26F3N3S. The minimum atomic E-state index is -4.40. The Kier molecular flexibility index (Phi) is 6.00. The Morgan fingerprint density at radius 1 is 1.10 bits per heavy atom. The van der Waals surface area contributed by atoms with Crippen LogP contribution in [0.15, 0.2) is 36.5 Å². The highest BCUT2D eigenvalue weighted by Gasteiger charge is 2.34. The first-order valence-corrected chi connectivity index (χ1v) is 10.9. The lowest BCUT2D eigenvalue weighted by Crippen LogP contribution is -2.42. The molecule has 1 aliphatic heterocycles. The Bertz CT molecular complexity index is 928. The van der Waals surface area contributed by atoms with Gasteiger partial charge in [0.1, 0.15) is 4.99 Å². The molecule has 1 saturated heterocycles. The van der Waals surface area contributed by atoms with Gasteiger partial charge in [0.25, 0.3) is 0 Å². The van der Waals surface area contributed by atoms with Gasteiger partial charge in [-0.25, -0.2) is 0 Å². The van der Waals surface area contributed by atoms with Gasteiger partial charge in [0.05, 0.1) is 16.9 Å². The molecule has 0 bridgehead atoms. The zero-order valence-electron chi connectivity index (χ0n) is 17.0. The topological polar surface area (TPSA) is 28.2 Å². The van der Waals surface area contributed by atoms with Gasteiger partial charge in [0.15, 0.2) is 0 Å². The molecule has 1 saturated carbocycles. The molecule has 0 radical (unpaired) electrons. The molecular weight excluding hydrogens is 407 g/mol. The lowest BCUT2D eigenvalue weighted by molar-refractivity contribution is -0.137. The summed E-state index contributed by atoms with van der Waals surface area (Å²) < 4.78 is 40.2. The van der Waals surface area contributed by atoms with Crippen LogP contribution in [0.5, 0.6) is 0 Å². The van der Waals surface area contributed by atoms with Crippen molar-refractivity contribution in [1.82, 2.24) is 4.98 Å². The number of aryl methyl sites for hydroxylation is 1. The maximum atomic E-state index is 13.4. The monoisotopic (exact) mass is 433 g/mol. The van der Waals surface area contributed by atoms with E-state index < -0.39 is 11.7 Å². The molecule has 2 fully saturated rings. The second kappa shape index (κ2) is 8.53. The molecule has 1 aliphatic carbocycles. The summed E-state index contributed by atoms with van der Waals surface area (Å²) in [5.74, 6) is 1.37. The fourth-order valence-corrected chi connectivity index (χ4v) is 5.03. The van der Waals surface area contributed by atoms with Crippen molar-refractivity contribution >= 4 is 28.6 Å². The van der Waals surface area contributed by atoms with Crippen molar-refractivity contribution < 1.29 is 13.2 Å². The van der Waals surface area contributed by atoms with E-state index in [1.807, 2.05) is 13.0 Å². The first-order valence-electron chi connectivity index (χ1n) is 10.5. The fraction of sp³-hybridized carbons (Fsp3) is 0.478. The summed E-state index contributed by atoms with van der Waals surface area (Å²) >= 11 is 5.51. The third-order valence-corrected chi connectivity index (χ3v) is 6.70. The average Bonchev–Trinajstić information content (AvgIpc) is 2.72. The van der Waals surface area contributed by atoms with Gasteiger partial charge in [-0.1, -0.05) is 31.5 Å².